The first-order chi connectivity index (χ1) is 23.6. The van der Waals surface area contributed by atoms with Gasteiger partial charge in [0.15, 0.2) is 0 Å². The van der Waals surface area contributed by atoms with Crippen LogP contribution >= 0.6 is 0 Å². The number of aliphatic hydroxyl groups is 8. The molecule has 2 aliphatic carbocycles. The lowest BCUT2D eigenvalue weighted by Gasteiger charge is -2.41. The molecule has 260 valence electrons. The van der Waals surface area contributed by atoms with Crippen molar-refractivity contribution in [3.8, 4) is 34.8 Å². The third kappa shape index (κ3) is 6.07. The third-order valence-electron chi connectivity index (χ3n) is 10.7. The molecule has 3 saturated heterocycles. The van der Waals surface area contributed by atoms with Crippen molar-refractivity contribution in [2.75, 3.05) is 26.3 Å². The van der Waals surface area contributed by atoms with Crippen LogP contribution in [0.25, 0.3) is 11.1 Å². The summed E-state index contributed by atoms with van der Waals surface area (Å²) in [5.74, 6) is 12.1. The second-order valence-electron chi connectivity index (χ2n) is 13.7. The van der Waals surface area contributed by atoms with Gasteiger partial charge < -0.3 is 55.2 Å². The van der Waals surface area contributed by atoms with Gasteiger partial charge in [-0.3, -0.25) is 4.79 Å². The van der Waals surface area contributed by atoms with E-state index in [1.807, 2.05) is 41.3 Å². The number of benzene rings is 2. The molecule has 0 bridgehead atoms. The van der Waals surface area contributed by atoms with E-state index in [1.165, 1.54) is 0 Å². The highest BCUT2D eigenvalue weighted by atomic mass is 16.5. The third-order valence-corrected chi connectivity index (χ3v) is 10.7. The Balaban J connectivity index is 1.21. The second-order valence-corrected chi connectivity index (χ2v) is 13.7. The molecule has 10 atom stereocenters. The molecular formula is C37H41NO11. The summed E-state index contributed by atoms with van der Waals surface area (Å²) in [4.78, 5) is 14.9. The van der Waals surface area contributed by atoms with Gasteiger partial charge in [0.2, 0.25) is 5.91 Å². The molecule has 1 saturated carbocycles. The molecule has 0 aromatic heterocycles. The van der Waals surface area contributed by atoms with Gasteiger partial charge in [-0.2, -0.15) is 0 Å². The molecule has 7 rings (SSSR count). The molecule has 49 heavy (non-hydrogen) atoms. The summed E-state index contributed by atoms with van der Waals surface area (Å²) >= 11 is 0. The van der Waals surface area contributed by atoms with Gasteiger partial charge in [-0.05, 0) is 72.2 Å². The summed E-state index contributed by atoms with van der Waals surface area (Å²) in [5, 5.41) is 80.7. The Hall–Kier alpha value is -3.37. The van der Waals surface area contributed by atoms with Crippen molar-refractivity contribution in [2.45, 2.75) is 92.1 Å². The summed E-state index contributed by atoms with van der Waals surface area (Å²) in [5.41, 5.74) is 4.94. The minimum atomic E-state index is -1.52. The van der Waals surface area contributed by atoms with Crippen molar-refractivity contribution < 1.29 is 55.1 Å². The zero-order valence-corrected chi connectivity index (χ0v) is 26.7. The zero-order chi connectivity index (χ0) is 34.6. The fraction of sp³-hybridized carbons (Fsp3) is 0.541. The van der Waals surface area contributed by atoms with Crippen LogP contribution < -0.4 is 0 Å². The Bertz CT molecular complexity index is 1600. The Morgan fingerprint density at radius 3 is 1.55 bits per heavy atom. The van der Waals surface area contributed by atoms with Crippen LogP contribution in [0.2, 0.25) is 0 Å². The van der Waals surface area contributed by atoms with Crippen molar-refractivity contribution in [2.24, 2.45) is 5.92 Å². The molecule has 1 amide bonds. The van der Waals surface area contributed by atoms with E-state index in [2.05, 4.69) is 23.7 Å². The van der Waals surface area contributed by atoms with Crippen LogP contribution in [0.4, 0.5) is 0 Å². The normalized spacial score (nSPS) is 34.7. The predicted molar refractivity (Wildman–Crippen MR) is 172 cm³/mol. The van der Waals surface area contributed by atoms with Crippen LogP contribution in [0.3, 0.4) is 0 Å². The summed E-state index contributed by atoms with van der Waals surface area (Å²) in [6, 6.07) is 11.7. The fourth-order valence-electron chi connectivity index (χ4n) is 7.64. The summed E-state index contributed by atoms with van der Waals surface area (Å²) < 4.78 is 11.2. The fourth-order valence-corrected chi connectivity index (χ4v) is 7.64. The van der Waals surface area contributed by atoms with Crippen LogP contribution in [0, 0.1) is 29.6 Å². The highest BCUT2D eigenvalue weighted by Gasteiger charge is 2.48. The van der Waals surface area contributed by atoms with Gasteiger partial charge in [-0.1, -0.05) is 35.8 Å². The maximum Gasteiger partial charge on any atom is 0.225 e. The molecule has 3 heterocycles. The van der Waals surface area contributed by atoms with Gasteiger partial charge in [0.05, 0.1) is 13.2 Å². The van der Waals surface area contributed by atoms with Crippen LogP contribution in [-0.2, 0) is 19.7 Å². The predicted octanol–water partition coefficient (Wildman–Crippen LogP) is -1.63. The minimum Gasteiger partial charge on any atom is -0.394 e. The van der Waals surface area contributed by atoms with Crippen LogP contribution in [0.1, 0.15) is 47.9 Å². The standard InChI is InChI=1S/C37H41NO11/c39-17-28-32(43)34(45)30(41)26(48-28)9-3-19-1-7-22-23-8-2-20(4-10-27-31(42)35(46)33(44)29(18-40)49-27)16-25(23)37(24(22)15-19)11-13-38(14-12-37)36(47)21-5-6-21/h1-2,7-8,15-16,21,26-35,39-46H,5-6,11-14,17-18H2/t26-,27-,28-,29-,30-,31-,32-,33-,34-,35-/m1/s1. The number of amides is 1. The topological polar surface area (TPSA) is 201 Å². The first-order valence-electron chi connectivity index (χ1n) is 16.8. The van der Waals surface area contributed by atoms with Gasteiger partial charge in [0.25, 0.3) is 0 Å². The van der Waals surface area contributed by atoms with Gasteiger partial charge in [-0.25, -0.2) is 0 Å². The largest absolute Gasteiger partial charge is 0.394 e. The van der Waals surface area contributed by atoms with Crippen LogP contribution in [-0.4, -0.2) is 139 Å². The molecule has 12 heteroatoms. The number of nitrogens with zero attached hydrogens (tertiary/aromatic N) is 1. The number of aliphatic hydroxyl groups excluding tert-OH is 8. The van der Waals surface area contributed by atoms with Crippen molar-refractivity contribution in [3.05, 3.63) is 58.7 Å². The Labute approximate surface area is 283 Å². The van der Waals surface area contributed by atoms with Gasteiger partial charge >= 0.3 is 0 Å². The second kappa shape index (κ2) is 13.4. The SMILES string of the molecule is O=C(C1CC1)N1CCC2(CC1)c1cc(C#C[C@H]3O[C@H](CO)[C@@H](O)[C@H](O)[C@@H]3O)ccc1-c1ccc(C#C[C@H]3O[C@H](CO)[C@@H](O)[C@H](O)[C@@H]3O)cc12. The molecule has 8 N–H and O–H groups in total. The molecular weight excluding hydrogens is 634 g/mol. The van der Waals surface area contributed by atoms with E-state index in [9.17, 15) is 45.6 Å². The monoisotopic (exact) mass is 675 g/mol. The molecule has 4 fully saturated rings. The van der Waals surface area contributed by atoms with E-state index in [4.69, 9.17) is 9.47 Å². The van der Waals surface area contributed by atoms with E-state index in [0.717, 1.165) is 35.1 Å². The summed E-state index contributed by atoms with van der Waals surface area (Å²) in [7, 11) is 0. The molecule has 12 nitrogen and oxygen atoms in total. The lowest BCUT2D eigenvalue weighted by molar-refractivity contribution is -0.214. The van der Waals surface area contributed by atoms with Gasteiger partial charge in [-0.15, -0.1) is 0 Å². The number of hydrogen-bond acceptors (Lipinski definition) is 11. The first kappa shape index (κ1) is 34.1. The number of carbonyl (C=O) groups excluding carboxylic acids is 1. The van der Waals surface area contributed by atoms with E-state index in [0.29, 0.717) is 37.1 Å². The highest BCUT2D eigenvalue weighted by Crippen LogP contribution is 2.54. The molecule has 2 aromatic rings. The maximum atomic E-state index is 13.0. The first-order valence-corrected chi connectivity index (χ1v) is 16.8. The highest BCUT2D eigenvalue weighted by molar-refractivity contribution is 5.84. The number of carbonyl (C=O) groups is 1. The lowest BCUT2D eigenvalue weighted by atomic mass is 9.70. The Morgan fingerprint density at radius 1 is 0.694 bits per heavy atom. The molecule has 5 aliphatic rings. The van der Waals surface area contributed by atoms with Crippen molar-refractivity contribution in [1.29, 1.82) is 0 Å². The lowest BCUT2D eigenvalue weighted by Crippen LogP contribution is -2.58. The average Bonchev–Trinajstić information content (AvgIpc) is 3.95. The minimum absolute atomic E-state index is 0.116. The van der Waals surface area contributed by atoms with Crippen LogP contribution in [0.15, 0.2) is 36.4 Å². The molecule has 0 radical (unpaired) electrons. The summed E-state index contributed by atoms with van der Waals surface area (Å²) in [6.07, 6.45) is -10.1. The van der Waals surface area contributed by atoms with E-state index in [-0.39, 0.29) is 11.8 Å². The van der Waals surface area contributed by atoms with Gasteiger partial charge in [0.1, 0.15) is 61.0 Å². The van der Waals surface area contributed by atoms with Crippen molar-refractivity contribution in [1.82, 2.24) is 4.90 Å². The van der Waals surface area contributed by atoms with E-state index < -0.39 is 79.7 Å². The van der Waals surface area contributed by atoms with E-state index >= 15 is 0 Å². The molecule has 2 aromatic carbocycles. The number of ether oxygens (including phenoxy) is 2. The number of rotatable bonds is 3. The number of hydrogen-bond donors (Lipinski definition) is 8. The number of piperidine rings is 1. The Kier molecular flexibility index (Phi) is 9.32. The number of fused-ring (bicyclic) bond motifs is 5. The zero-order valence-electron chi connectivity index (χ0n) is 26.7. The maximum absolute atomic E-state index is 13.0. The quantitative estimate of drug-likeness (QED) is 0.174. The van der Waals surface area contributed by atoms with Gasteiger partial charge in [0, 0.05) is 35.5 Å². The summed E-state index contributed by atoms with van der Waals surface area (Å²) in [6.45, 7) is 0.0708. The van der Waals surface area contributed by atoms with Crippen molar-refractivity contribution in [3.63, 3.8) is 0 Å². The molecule has 0 unspecified atom stereocenters. The molecule has 1 spiro atoms. The Morgan fingerprint density at radius 2 is 1.14 bits per heavy atom. The average molecular weight is 676 g/mol. The van der Waals surface area contributed by atoms with Crippen molar-refractivity contribution >= 4 is 5.91 Å². The van der Waals surface area contributed by atoms with E-state index in [1.54, 1.807) is 0 Å². The smallest absolute Gasteiger partial charge is 0.225 e. The molecule has 3 aliphatic heterocycles. The van der Waals surface area contributed by atoms with Crippen LogP contribution in [0.5, 0.6) is 0 Å². The number of likely N-dealkylation sites (tertiary alicyclic amines) is 1.